The Kier molecular flexibility index (Phi) is 9.11. The molecule has 1 fully saturated rings. The summed E-state index contributed by atoms with van der Waals surface area (Å²) in [4.78, 5) is 22.7. The molecular formula is C17H31NO3. The first-order valence-corrected chi connectivity index (χ1v) is 8.67. The maximum Gasteiger partial charge on any atom is 0.326 e. The highest BCUT2D eigenvalue weighted by atomic mass is 16.4. The van der Waals surface area contributed by atoms with E-state index in [1.54, 1.807) is 0 Å². The van der Waals surface area contributed by atoms with Gasteiger partial charge in [-0.05, 0) is 25.2 Å². The lowest BCUT2D eigenvalue weighted by atomic mass is 10.1. The molecule has 0 radical (unpaired) electrons. The van der Waals surface area contributed by atoms with E-state index < -0.39 is 12.0 Å². The molecule has 0 aromatic heterocycles. The van der Waals surface area contributed by atoms with Gasteiger partial charge in [0, 0.05) is 6.42 Å². The number of hydrogen-bond donors (Lipinski definition) is 2. The van der Waals surface area contributed by atoms with Crippen LogP contribution in [0.3, 0.4) is 0 Å². The topological polar surface area (TPSA) is 66.4 Å². The summed E-state index contributed by atoms with van der Waals surface area (Å²) in [6.07, 6.45) is 13.3. The number of hydrogen-bond acceptors (Lipinski definition) is 2. The molecule has 4 nitrogen and oxygen atoms in total. The maximum atomic E-state index is 11.7. The number of unbranched alkanes of at least 4 members (excludes halogenated alkanes) is 8. The first-order chi connectivity index (χ1) is 10.1. The van der Waals surface area contributed by atoms with E-state index in [9.17, 15) is 9.59 Å². The van der Waals surface area contributed by atoms with Crippen LogP contribution in [-0.4, -0.2) is 23.0 Å². The molecule has 1 amide bonds. The lowest BCUT2D eigenvalue weighted by Gasteiger charge is -2.13. The molecule has 1 unspecified atom stereocenters. The molecule has 21 heavy (non-hydrogen) atoms. The number of carbonyl (C=O) groups excluding carboxylic acids is 1. The van der Waals surface area contributed by atoms with Gasteiger partial charge in [0.25, 0.3) is 0 Å². The molecule has 0 bridgehead atoms. The summed E-state index contributed by atoms with van der Waals surface area (Å²) in [5, 5.41) is 11.7. The van der Waals surface area contributed by atoms with E-state index in [-0.39, 0.29) is 11.8 Å². The molecule has 0 spiro atoms. The molecule has 2 N–H and O–H groups in total. The Labute approximate surface area is 128 Å². The minimum atomic E-state index is -0.891. The van der Waals surface area contributed by atoms with Crippen molar-refractivity contribution < 1.29 is 14.7 Å². The lowest BCUT2D eigenvalue weighted by molar-refractivity contribution is -0.142. The zero-order valence-corrected chi connectivity index (χ0v) is 13.4. The first-order valence-electron chi connectivity index (χ1n) is 8.67. The molecule has 0 aliphatic heterocycles. The van der Waals surface area contributed by atoms with E-state index in [1.807, 2.05) is 0 Å². The second kappa shape index (κ2) is 10.6. The number of carboxylic acid groups (broad SMARTS) is 1. The van der Waals surface area contributed by atoms with Crippen molar-refractivity contribution in [1.29, 1.82) is 0 Å². The first kappa shape index (κ1) is 18.0. The van der Waals surface area contributed by atoms with E-state index in [1.165, 1.54) is 44.9 Å². The van der Waals surface area contributed by atoms with Gasteiger partial charge in [-0.1, -0.05) is 58.3 Å². The highest BCUT2D eigenvalue weighted by Crippen LogP contribution is 2.32. The second-order valence-electron chi connectivity index (χ2n) is 6.30. The Hall–Kier alpha value is -1.06. The van der Waals surface area contributed by atoms with Gasteiger partial charge in [-0.3, -0.25) is 4.79 Å². The second-order valence-corrected chi connectivity index (χ2v) is 6.30. The van der Waals surface area contributed by atoms with E-state index >= 15 is 0 Å². The predicted octanol–water partition coefficient (Wildman–Crippen LogP) is 3.89. The van der Waals surface area contributed by atoms with Gasteiger partial charge in [-0.25, -0.2) is 4.79 Å². The van der Waals surface area contributed by atoms with Crippen LogP contribution < -0.4 is 5.32 Å². The molecule has 0 saturated heterocycles. The van der Waals surface area contributed by atoms with E-state index in [0.717, 1.165) is 25.7 Å². The molecule has 1 atom stereocenters. The number of rotatable bonds is 13. The fourth-order valence-electron chi connectivity index (χ4n) is 2.65. The van der Waals surface area contributed by atoms with Crippen LogP contribution in [0.25, 0.3) is 0 Å². The highest BCUT2D eigenvalue weighted by Gasteiger charge is 2.36. The molecule has 122 valence electrons. The SMILES string of the molecule is CCCCCCCCCCCC(=O)NC(C(=O)O)C1CC1. The van der Waals surface area contributed by atoms with Crippen molar-refractivity contribution in [3.05, 3.63) is 0 Å². The summed E-state index contributed by atoms with van der Waals surface area (Å²) >= 11 is 0. The van der Waals surface area contributed by atoms with Crippen LogP contribution >= 0.6 is 0 Å². The lowest BCUT2D eigenvalue weighted by Crippen LogP contribution is -2.42. The third-order valence-electron chi connectivity index (χ3n) is 4.18. The Bertz CT molecular complexity index is 313. The molecule has 0 aromatic carbocycles. The van der Waals surface area contributed by atoms with Gasteiger partial charge in [0.1, 0.15) is 6.04 Å². The Morgan fingerprint density at radius 1 is 1.00 bits per heavy atom. The zero-order valence-electron chi connectivity index (χ0n) is 13.4. The average molecular weight is 297 g/mol. The average Bonchev–Trinajstić information content (AvgIpc) is 3.27. The summed E-state index contributed by atoms with van der Waals surface area (Å²) in [6.45, 7) is 2.23. The summed E-state index contributed by atoms with van der Waals surface area (Å²) in [6, 6.07) is -0.656. The van der Waals surface area contributed by atoms with Crippen molar-refractivity contribution >= 4 is 11.9 Å². The van der Waals surface area contributed by atoms with Crippen LogP contribution in [0.5, 0.6) is 0 Å². The van der Waals surface area contributed by atoms with Crippen molar-refractivity contribution in [1.82, 2.24) is 5.32 Å². The third-order valence-corrected chi connectivity index (χ3v) is 4.18. The minimum absolute atomic E-state index is 0.0998. The van der Waals surface area contributed by atoms with Gasteiger partial charge in [0.05, 0.1) is 0 Å². The van der Waals surface area contributed by atoms with Crippen LogP contribution in [0.4, 0.5) is 0 Å². The molecule has 1 saturated carbocycles. The monoisotopic (exact) mass is 297 g/mol. The Morgan fingerprint density at radius 2 is 1.52 bits per heavy atom. The number of carboxylic acids is 1. The smallest absolute Gasteiger partial charge is 0.326 e. The summed E-state index contributed by atoms with van der Waals surface area (Å²) < 4.78 is 0. The molecule has 0 aromatic rings. The number of amides is 1. The fraction of sp³-hybridized carbons (Fsp3) is 0.882. The zero-order chi connectivity index (χ0) is 15.5. The van der Waals surface area contributed by atoms with Crippen molar-refractivity contribution in [2.24, 2.45) is 5.92 Å². The van der Waals surface area contributed by atoms with Crippen LogP contribution in [0.15, 0.2) is 0 Å². The molecule has 1 aliphatic rings. The van der Waals surface area contributed by atoms with Gasteiger partial charge in [0.15, 0.2) is 0 Å². The molecule has 0 heterocycles. The van der Waals surface area contributed by atoms with Crippen molar-refractivity contribution in [2.45, 2.75) is 90.0 Å². The quantitative estimate of drug-likeness (QED) is 0.507. The van der Waals surface area contributed by atoms with Gasteiger partial charge in [-0.2, -0.15) is 0 Å². The maximum absolute atomic E-state index is 11.7. The number of aliphatic carboxylic acids is 1. The highest BCUT2D eigenvalue weighted by molar-refractivity contribution is 5.83. The minimum Gasteiger partial charge on any atom is -0.480 e. The Morgan fingerprint density at radius 3 is 2.00 bits per heavy atom. The summed E-state index contributed by atoms with van der Waals surface area (Å²) in [7, 11) is 0. The summed E-state index contributed by atoms with van der Waals surface area (Å²) in [5.41, 5.74) is 0. The Balaban J connectivity index is 1.94. The number of carbonyl (C=O) groups is 2. The van der Waals surface area contributed by atoms with Crippen LogP contribution in [-0.2, 0) is 9.59 Å². The number of nitrogens with one attached hydrogen (secondary N) is 1. The molecular weight excluding hydrogens is 266 g/mol. The van der Waals surface area contributed by atoms with Crippen LogP contribution in [0, 0.1) is 5.92 Å². The molecule has 4 heteroatoms. The van der Waals surface area contributed by atoms with Gasteiger partial charge >= 0.3 is 5.97 Å². The molecule has 1 aliphatic carbocycles. The summed E-state index contributed by atoms with van der Waals surface area (Å²) in [5.74, 6) is -0.829. The fourth-order valence-corrected chi connectivity index (χ4v) is 2.65. The van der Waals surface area contributed by atoms with Crippen LogP contribution in [0.2, 0.25) is 0 Å². The van der Waals surface area contributed by atoms with E-state index in [4.69, 9.17) is 5.11 Å². The van der Waals surface area contributed by atoms with Crippen molar-refractivity contribution in [3.63, 3.8) is 0 Å². The normalized spacial score (nSPS) is 15.7. The van der Waals surface area contributed by atoms with E-state index in [2.05, 4.69) is 12.2 Å². The van der Waals surface area contributed by atoms with Crippen molar-refractivity contribution in [3.8, 4) is 0 Å². The van der Waals surface area contributed by atoms with Gasteiger partial charge in [0.2, 0.25) is 5.91 Å². The third kappa shape index (κ3) is 8.74. The molecule has 1 rings (SSSR count). The van der Waals surface area contributed by atoms with Crippen LogP contribution in [0.1, 0.15) is 84.0 Å². The van der Waals surface area contributed by atoms with Gasteiger partial charge in [-0.15, -0.1) is 0 Å². The van der Waals surface area contributed by atoms with Gasteiger partial charge < -0.3 is 10.4 Å². The standard InChI is InChI=1S/C17H31NO3/c1-2-3-4-5-6-7-8-9-10-11-15(19)18-16(17(20)21)14-12-13-14/h14,16H,2-13H2,1H3,(H,18,19)(H,20,21). The predicted molar refractivity (Wildman–Crippen MR) is 84.1 cm³/mol. The van der Waals surface area contributed by atoms with E-state index in [0.29, 0.717) is 6.42 Å². The van der Waals surface area contributed by atoms with Crippen molar-refractivity contribution in [2.75, 3.05) is 0 Å². The largest absolute Gasteiger partial charge is 0.480 e.